The van der Waals surface area contributed by atoms with E-state index in [0.717, 1.165) is 6.42 Å². The Morgan fingerprint density at radius 2 is 2.19 bits per heavy atom. The minimum atomic E-state index is -0.460. The van der Waals surface area contributed by atoms with E-state index in [4.69, 9.17) is 14.2 Å². The summed E-state index contributed by atoms with van der Waals surface area (Å²) in [6, 6.07) is 0. The summed E-state index contributed by atoms with van der Waals surface area (Å²) in [6.07, 6.45) is 2.79. The van der Waals surface area contributed by atoms with Gasteiger partial charge in [-0.05, 0) is 6.42 Å². The lowest BCUT2D eigenvalue weighted by atomic mass is 10.2. The van der Waals surface area contributed by atoms with Crippen molar-refractivity contribution in [3.63, 3.8) is 0 Å². The molecule has 1 unspecified atom stereocenters. The smallest absolute Gasteiger partial charge is 0.330 e. The summed E-state index contributed by atoms with van der Waals surface area (Å²) < 4.78 is 17.8. The average Bonchev–Trinajstić information content (AvgIpc) is 2.85. The summed E-state index contributed by atoms with van der Waals surface area (Å²) in [5, 5.41) is 0. The van der Waals surface area contributed by atoms with Crippen LogP contribution in [-0.4, -0.2) is 42.6 Å². The highest BCUT2D eigenvalue weighted by Crippen LogP contribution is 2.29. The van der Waals surface area contributed by atoms with Crippen molar-refractivity contribution in [3.8, 4) is 0 Å². The van der Waals surface area contributed by atoms with E-state index >= 15 is 0 Å². The van der Waals surface area contributed by atoms with Crippen LogP contribution < -0.4 is 11.2 Å². The van der Waals surface area contributed by atoms with E-state index in [1.54, 1.807) is 20.4 Å². The molecular formula is C14H22N2O5. The number of H-pyrrole nitrogens is 1. The Balaban J connectivity index is 2.28. The molecule has 0 radical (unpaired) electrons. The Morgan fingerprint density at radius 1 is 1.43 bits per heavy atom. The van der Waals surface area contributed by atoms with Crippen LogP contribution in [0.3, 0.4) is 0 Å². The number of nitrogens with zero attached hydrogens (tertiary/aromatic N) is 1. The summed E-state index contributed by atoms with van der Waals surface area (Å²) in [4.78, 5) is 26.1. The van der Waals surface area contributed by atoms with Gasteiger partial charge in [0.05, 0.1) is 12.7 Å². The van der Waals surface area contributed by atoms with E-state index in [-0.39, 0.29) is 17.8 Å². The molecule has 2 rings (SSSR count). The molecule has 1 aliphatic heterocycles. The summed E-state index contributed by atoms with van der Waals surface area (Å²) >= 11 is 0. The standard InChI is InChI=1S/C14H22N2O5/c1-4-5-9-7-16(14(18)15-13(9)17)12-6-10(20-3)11(21-12)8-19-2/h7,10-12H,4-6,8H2,1-3H3,(H,15,17,18)/t10?,11-,12-/m1/s1. The topological polar surface area (TPSA) is 82.6 Å². The van der Waals surface area contributed by atoms with Gasteiger partial charge in [-0.3, -0.25) is 14.3 Å². The molecule has 0 aliphatic carbocycles. The van der Waals surface area contributed by atoms with Gasteiger partial charge in [-0.25, -0.2) is 4.79 Å². The third-order valence-corrected chi connectivity index (χ3v) is 3.69. The van der Waals surface area contributed by atoms with Crippen molar-refractivity contribution < 1.29 is 14.2 Å². The molecule has 0 bridgehead atoms. The minimum Gasteiger partial charge on any atom is -0.382 e. The Hall–Kier alpha value is -1.44. The highest BCUT2D eigenvalue weighted by molar-refractivity contribution is 5.05. The molecule has 1 aromatic heterocycles. The number of methoxy groups -OCH3 is 2. The molecule has 1 aliphatic rings. The van der Waals surface area contributed by atoms with Crippen molar-refractivity contribution in [2.75, 3.05) is 20.8 Å². The number of aromatic amines is 1. The normalized spacial score (nSPS) is 25.4. The van der Waals surface area contributed by atoms with Gasteiger partial charge in [-0.2, -0.15) is 0 Å². The van der Waals surface area contributed by atoms with E-state index in [0.29, 0.717) is 25.0 Å². The van der Waals surface area contributed by atoms with Crippen molar-refractivity contribution >= 4 is 0 Å². The number of ether oxygens (including phenoxy) is 3. The van der Waals surface area contributed by atoms with Gasteiger partial charge in [-0.1, -0.05) is 13.3 Å². The fourth-order valence-corrected chi connectivity index (χ4v) is 2.62. The van der Waals surface area contributed by atoms with Crippen molar-refractivity contribution in [1.29, 1.82) is 0 Å². The van der Waals surface area contributed by atoms with Gasteiger partial charge in [0.15, 0.2) is 0 Å². The first-order valence-electron chi connectivity index (χ1n) is 7.12. The Bertz CT molecular complexity index is 579. The van der Waals surface area contributed by atoms with Crippen molar-refractivity contribution in [2.24, 2.45) is 0 Å². The van der Waals surface area contributed by atoms with Gasteiger partial charge in [-0.15, -0.1) is 0 Å². The molecule has 1 N–H and O–H groups in total. The number of aryl methyl sites for hydroxylation is 1. The third-order valence-electron chi connectivity index (χ3n) is 3.69. The van der Waals surface area contributed by atoms with Crippen LogP contribution in [-0.2, 0) is 20.6 Å². The molecule has 1 saturated heterocycles. The minimum absolute atomic E-state index is 0.136. The van der Waals surface area contributed by atoms with Gasteiger partial charge in [0.1, 0.15) is 12.3 Å². The molecule has 7 heteroatoms. The van der Waals surface area contributed by atoms with E-state index in [1.807, 2.05) is 6.92 Å². The SMILES string of the molecule is CCCc1cn([C@H]2CC(OC)[C@@H](COC)O2)c(=O)[nH]c1=O. The van der Waals surface area contributed by atoms with E-state index in [1.165, 1.54) is 4.57 Å². The summed E-state index contributed by atoms with van der Waals surface area (Å²) in [6.45, 7) is 2.38. The number of nitrogens with one attached hydrogen (secondary N) is 1. The lowest BCUT2D eigenvalue weighted by Crippen LogP contribution is -2.34. The molecule has 118 valence electrons. The number of hydrogen-bond acceptors (Lipinski definition) is 5. The van der Waals surface area contributed by atoms with Crippen LogP contribution in [0.2, 0.25) is 0 Å². The molecule has 1 aromatic rings. The maximum Gasteiger partial charge on any atom is 0.330 e. The van der Waals surface area contributed by atoms with E-state index < -0.39 is 11.9 Å². The van der Waals surface area contributed by atoms with Gasteiger partial charge in [0.25, 0.3) is 5.56 Å². The monoisotopic (exact) mass is 298 g/mol. The molecule has 21 heavy (non-hydrogen) atoms. The predicted molar refractivity (Wildman–Crippen MR) is 76.5 cm³/mol. The van der Waals surface area contributed by atoms with Crippen LogP contribution in [0.25, 0.3) is 0 Å². The van der Waals surface area contributed by atoms with E-state index in [2.05, 4.69) is 4.98 Å². The lowest BCUT2D eigenvalue weighted by molar-refractivity contribution is -0.0618. The quantitative estimate of drug-likeness (QED) is 0.824. The van der Waals surface area contributed by atoms with Crippen LogP contribution in [0.15, 0.2) is 15.8 Å². The molecule has 0 spiro atoms. The predicted octanol–water partition coefficient (Wildman–Crippen LogP) is 0.438. The Kier molecular flexibility index (Phi) is 5.33. The first kappa shape index (κ1) is 15.9. The summed E-state index contributed by atoms with van der Waals surface area (Å²) in [7, 11) is 3.20. The maximum absolute atomic E-state index is 12.0. The second kappa shape index (κ2) is 7.02. The Labute approximate surface area is 122 Å². The molecule has 3 atom stereocenters. The van der Waals surface area contributed by atoms with Gasteiger partial charge in [0.2, 0.25) is 0 Å². The van der Waals surface area contributed by atoms with E-state index in [9.17, 15) is 9.59 Å². The highest BCUT2D eigenvalue weighted by atomic mass is 16.6. The van der Waals surface area contributed by atoms with Crippen LogP contribution in [0.4, 0.5) is 0 Å². The summed E-state index contributed by atoms with van der Waals surface area (Å²) in [5.74, 6) is 0. The second-order valence-electron chi connectivity index (χ2n) is 5.17. The molecule has 0 saturated carbocycles. The zero-order valence-electron chi connectivity index (χ0n) is 12.6. The molecule has 2 heterocycles. The highest BCUT2D eigenvalue weighted by Gasteiger charge is 2.36. The average molecular weight is 298 g/mol. The first-order valence-corrected chi connectivity index (χ1v) is 7.12. The van der Waals surface area contributed by atoms with Crippen LogP contribution >= 0.6 is 0 Å². The second-order valence-corrected chi connectivity index (χ2v) is 5.17. The first-order chi connectivity index (χ1) is 10.1. The number of rotatable bonds is 6. The summed E-state index contributed by atoms with van der Waals surface area (Å²) in [5.41, 5.74) is -0.199. The van der Waals surface area contributed by atoms with Crippen LogP contribution in [0.1, 0.15) is 31.6 Å². The van der Waals surface area contributed by atoms with Crippen LogP contribution in [0.5, 0.6) is 0 Å². The van der Waals surface area contributed by atoms with Gasteiger partial charge in [0, 0.05) is 32.4 Å². The zero-order chi connectivity index (χ0) is 15.4. The zero-order valence-corrected chi connectivity index (χ0v) is 12.6. The van der Waals surface area contributed by atoms with Gasteiger partial charge < -0.3 is 14.2 Å². The molecule has 1 fully saturated rings. The van der Waals surface area contributed by atoms with Crippen molar-refractivity contribution in [2.45, 2.75) is 44.6 Å². The van der Waals surface area contributed by atoms with Crippen molar-refractivity contribution in [3.05, 3.63) is 32.6 Å². The Morgan fingerprint density at radius 3 is 2.81 bits per heavy atom. The largest absolute Gasteiger partial charge is 0.382 e. The third kappa shape index (κ3) is 3.42. The molecule has 0 aromatic carbocycles. The fourth-order valence-electron chi connectivity index (χ4n) is 2.62. The maximum atomic E-state index is 12.0. The molecule has 7 nitrogen and oxygen atoms in total. The number of aromatic nitrogens is 2. The van der Waals surface area contributed by atoms with Crippen LogP contribution in [0, 0.1) is 0 Å². The van der Waals surface area contributed by atoms with Gasteiger partial charge >= 0.3 is 5.69 Å². The molecule has 0 amide bonds. The lowest BCUT2D eigenvalue weighted by Gasteiger charge is -2.16. The fraction of sp³-hybridized carbons (Fsp3) is 0.714. The molecular weight excluding hydrogens is 276 g/mol. The van der Waals surface area contributed by atoms with Crippen molar-refractivity contribution in [1.82, 2.24) is 9.55 Å². The number of hydrogen-bond donors (Lipinski definition) is 1.